The quantitative estimate of drug-likeness (QED) is 0.307. The minimum Gasteiger partial charge on any atom is -0.375 e. The first kappa shape index (κ1) is 18.4. The van der Waals surface area contributed by atoms with Gasteiger partial charge in [0.15, 0.2) is 5.11 Å². The third-order valence-corrected chi connectivity index (χ3v) is 4.36. The maximum Gasteiger partial charge on any atom is 0.223 e. The number of amides is 1. The van der Waals surface area contributed by atoms with Gasteiger partial charge in [-0.05, 0) is 43.5 Å². The molecule has 1 saturated carbocycles. The molecule has 0 unspecified atom stereocenters. The molecule has 1 fully saturated rings. The molecular formula is C18H26N4OS. The summed E-state index contributed by atoms with van der Waals surface area (Å²) < 4.78 is 0. The normalized spacial score (nSPS) is 15.8. The zero-order valence-electron chi connectivity index (χ0n) is 14.0. The first-order chi connectivity index (χ1) is 11.7. The first-order valence-corrected chi connectivity index (χ1v) is 9.03. The fraction of sp³-hybridized carbons (Fsp3) is 0.500. The molecule has 0 spiro atoms. The number of hydrazone groups is 1. The van der Waals surface area contributed by atoms with Crippen LogP contribution in [0.4, 0.5) is 0 Å². The minimum atomic E-state index is 0.147. The van der Waals surface area contributed by atoms with E-state index < -0.39 is 0 Å². The number of nitrogens with one attached hydrogen (secondary N) is 2. The van der Waals surface area contributed by atoms with Crippen LogP contribution in [0.25, 0.3) is 0 Å². The molecule has 6 heteroatoms. The fourth-order valence-electron chi connectivity index (χ4n) is 2.99. The van der Waals surface area contributed by atoms with Gasteiger partial charge in [0, 0.05) is 12.5 Å². The molecule has 1 aromatic rings. The summed E-state index contributed by atoms with van der Waals surface area (Å²) in [5, 5.41) is 7.49. The van der Waals surface area contributed by atoms with Crippen molar-refractivity contribution < 1.29 is 4.79 Å². The Morgan fingerprint density at radius 2 is 1.92 bits per heavy atom. The van der Waals surface area contributed by atoms with Gasteiger partial charge in [-0.15, -0.1) is 0 Å². The Bertz CT molecular complexity index is 568. The third-order valence-electron chi connectivity index (χ3n) is 4.27. The molecule has 1 aliphatic carbocycles. The summed E-state index contributed by atoms with van der Waals surface area (Å²) in [7, 11) is 0. The lowest BCUT2D eigenvalue weighted by molar-refractivity contribution is -0.125. The van der Waals surface area contributed by atoms with Crippen LogP contribution < -0.4 is 16.5 Å². The molecular weight excluding hydrogens is 320 g/mol. The van der Waals surface area contributed by atoms with E-state index in [9.17, 15) is 4.79 Å². The number of carbonyl (C=O) groups is 1. The Morgan fingerprint density at radius 1 is 1.21 bits per heavy atom. The predicted molar refractivity (Wildman–Crippen MR) is 102 cm³/mol. The van der Waals surface area contributed by atoms with Crippen molar-refractivity contribution in [3.8, 4) is 0 Å². The van der Waals surface area contributed by atoms with Gasteiger partial charge in [-0.1, -0.05) is 49.6 Å². The van der Waals surface area contributed by atoms with Crippen molar-refractivity contribution in [3.63, 3.8) is 0 Å². The lowest BCUT2D eigenvalue weighted by atomic mass is 9.88. The Hall–Kier alpha value is -1.95. The highest BCUT2D eigenvalue weighted by Gasteiger charge is 2.20. The van der Waals surface area contributed by atoms with Crippen LogP contribution in [0.1, 0.15) is 50.5 Å². The predicted octanol–water partition coefficient (Wildman–Crippen LogP) is 2.70. The second kappa shape index (κ2) is 10.0. The third kappa shape index (κ3) is 6.28. The summed E-state index contributed by atoms with van der Waals surface area (Å²) in [4.78, 5) is 12.1. The van der Waals surface area contributed by atoms with Crippen LogP contribution in [0.3, 0.4) is 0 Å². The van der Waals surface area contributed by atoms with E-state index in [2.05, 4.69) is 15.8 Å². The van der Waals surface area contributed by atoms with E-state index >= 15 is 0 Å². The summed E-state index contributed by atoms with van der Waals surface area (Å²) in [6.45, 7) is 0.661. The standard InChI is InChI=1S/C18H26N4OS/c19-18(24)22-21-16(14-8-3-1-4-9-14)12-7-13-20-17(23)15-10-5-2-6-11-15/h1,3-4,8-9,15H,2,5-7,10-13H2,(H,20,23)(H3,19,22,24)/b21-16+. The van der Waals surface area contributed by atoms with E-state index in [1.54, 1.807) is 0 Å². The fourth-order valence-corrected chi connectivity index (χ4v) is 3.04. The second-order valence-corrected chi connectivity index (χ2v) is 6.57. The van der Waals surface area contributed by atoms with Crippen molar-refractivity contribution in [2.24, 2.45) is 16.8 Å². The van der Waals surface area contributed by atoms with Crippen LogP contribution in [0.15, 0.2) is 35.4 Å². The number of hydrogen-bond donors (Lipinski definition) is 3. The lowest BCUT2D eigenvalue weighted by Crippen LogP contribution is -2.32. The molecule has 0 bridgehead atoms. The zero-order valence-corrected chi connectivity index (χ0v) is 14.8. The Balaban J connectivity index is 1.81. The molecule has 0 radical (unpaired) electrons. The van der Waals surface area contributed by atoms with Crippen molar-refractivity contribution in [2.75, 3.05) is 6.54 Å². The lowest BCUT2D eigenvalue weighted by Gasteiger charge is -2.20. The summed E-state index contributed by atoms with van der Waals surface area (Å²) >= 11 is 4.81. The Labute approximate surface area is 149 Å². The van der Waals surface area contributed by atoms with Gasteiger partial charge in [0.1, 0.15) is 0 Å². The summed E-state index contributed by atoms with van der Waals surface area (Å²) in [6, 6.07) is 9.90. The number of nitrogens with zero attached hydrogens (tertiary/aromatic N) is 1. The first-order valence-electron chi connectivity index (χ1n) is 8.62. The van der Waals surface area contributed by atoms with E-state index in [0.29, 0.717) is 6.54 Å². The van der Waals surface area contributed by atoms with Gasteiger partial charge in [0.05, 0.1) is 5.71 Å². The SMILES string of the molecule is NC(=S)N/N=C(\CCCNC(=O)C1CCCCC1)c1ccccc1. The van der Waals surface area contributed by atoms with Gasteiger partial charge in [-0.25, -0.2) is 0 Å². The average molecular weight is 346 g/mol. The average Bonchev–Trinajstić information content (AvgIpc) is 2.62. The summed E-state index contributed by atoms with van der Waals surface area (Å²) in [5.74, 6) is 0.409. The topological polar surface area (TPSA) is 79.5 Å². The zero-order chi connectivity index (χ0) is 17.2. The molecule has 5 nitrogen and oxygen atoms in total. The van der Waals surface area contributed by atoms with E-state index in [0.717, 1.165) is 37.0 Å². The minimum absolute atomic E-state index is 0.147. The van der Waals surface area contributed by atoms with Crippen LogP contribution in [-0.4, -0.2) is 23.3 Å². The van der Waals surface area contributed by atoms with Crippen LogP contribution in [-0.2, 0) is 4.79 Å². The molecule has 0 aromatic heterocycles. The molecule has 4 N–H and O–H groups in total. The van der Waals surface area contributed by atoms with Crippen molar-refractivity contribution in [1.29, 1.82) is 0 Å². The van der Waals surface area contributed by atoms with E-state index in [4.69, 9.17) is 18.0 Å². The molecule has 2 rings (SSSR count). The molecule has 0 saturated heterocycles. The molecule has 1 amide bonds. The molecule has 130 valence electrons. The monoisotopic (exact) mass is 346 g/mol. The maximum atomic E-state index is 12.1. The van der Waals surface area contributed by atoms with Gasteiger partial charge in [-0.3, -0.25) is 10.2 Å². The second-order valence-electron chi connectivity index (χ2n) is 6.13. The van der Waals surface area contributed by atoms with Gasteiger partial charge in [0.25, 0.3) is 0 Å². The molecule has 0 heterocycles. The highest BCUT2D eigenvalue weighted by atomic mass is 32.1. The number of rotatable bonds is 7. The van der Waals surface area contributed by atoms with Crippen LogP contribution >= 0.6 is 12.2 Å². The summed E-state index contributed by atoms with van der Waals surface area (Å²) in [6.07, 6.45) is 7.23. The van der Waals surface area contributed by atoms with Gasteiger partial charge in [-0.2, -0.15) is 5.10 Å². The number of hydrogen-bond acceptors (Lipinski definition) is 3. The number of benzene rings is 1. The molecule has 1 aliphatic rings. The summed E-state index contributed by atoms with van der Waals surface area (Å²) in [5.41, 5.74) is 10.0. The molecule has 0 aliphatic heterocycles. The number of nitrogens with two attached hydrogens (primary N) is 1. The van der Waals surface area contributed by atoms with Crippen molar-refractivity contribution >= 4 is 28.9 Å². The van der Waals surface area contributed by atoms with Gasteiger partial charge in [0.2, 0.25) is 5.91 Å². The maximum absolute atomic E-state index is 12.1. The van der Waals surface area contributed by atoms with Crippen LogP contribution in [0.5, 0.6) is 0 Å². The molecule has 24 heavy (non-hydrogen) atoms. The number of thiocarbonyl (C=S) groups is 1. The molecule has 1 aromatic carbocycles. The Morgan fingerprint density at radius 3 is 2.58 bits per heavy atom. The molecule has 0 atom stereocenters. The number of carbonyl (C=O) groups excluding carboxylic acids is 1. The van der Waals surface area contributed by atoms with E-state index in [1.165, 1.54) is 19.3 Å². The highest BCUT2D eigenvalue weighted by Crippen LogP contribution is 2.23. The smallest absolute Gasteiger partial charge is 0.223 e. The van der Waals surface area contributed by atoms with E-state index in [-0.39, 0.29) is 16.9 Å². The van der Waals surface area contributed by atoms with Crippen molar-refractivity contribution in [3.05, 3.63) is 35.9 Å². The van der Waals surface area contributed by atoms with Gasteiger partial charge < -0.3 is 11.1 Å². The van der Waals surface area contributed by atoms with Crippen molar-refractivity contribution in [1.82, 2.24) is 10.7 Å². The van der Waals surface area contributed by atoms with Gasteiger partial charge >= 0.3 is 0 Å². The van der Waals surface area contributed by atoms with Crippen LogP contribution in [0.2, 0.25) is 0 Å². The van der Waals surface area contributed by atoms with Crippen molar-refractivity contribution in [2.45, 2.75) is 44.9 Å². The largest absolute Gasteiger partial charge is 0.375 e. The van der Waals surface area contributed by atoms with E-state index in [1.807, 2.05) is 30.3 Å². The Kier molecular flexibility index (Phi) is 7.68. The van der Waals surface area contributed by atoms with Crippen LogP contribution in [0, 0.1) is 5.92 Å². The highest BCUT2D eigenvalue weighted by molar-refractivity contribution is 7.80.